The Hall–Kier alpha value is -1.02. The minimum Gasteiger partial charge on any atom is -0.492 e. The molecule has 0 aliphatic heterocycles. The SMILES string of the molecule is CC(C)N.Cc1ccc(S(=O)(=O)c2cc(Cl)c(OCCCO)cc2Cl)cc1.Cl. The molecule has 0 bridgehead atoms. The van der Waals surface area contributed by atoms with Crippen molar-refractivity contribution in [2.24, 2.45) is 5.73 Å². The van der Waals surface area contributed by atoms with E-state index in [-0.39, 0.29) is 51.2 Å². The van der Waals surface area contributed by atoms with E-state index in [9.17, 15) is 8.42 Å². The number of aliphatic hydroxyl groups is 1. The molecular weight excluding hydrogens is 445 g/mol. The van der Waals surface area contributed by atoms with Crippen molar-refractivity contribution in [2.45, 2.75) is 43.0 Å². The first-order valence-electron chi connectivity index (χ1n) is 8.39. The standard InChI is InChI=1S/C16H16Cl2O4S.C3H9N.ClH/c1-11-3-5-12(6-4-11)23(20,21)16-10-13(17)15(9-14(16)18)22-8-2-7-19;1-3(2)4;/h3-6,9-10,19H,2,7-8H2,1H3;3H,4H2,1-2H3;1H. The summed E-state index contributed by atoms with van der Waals surface area (Å²) in [6, 6.07) is 9.49. The molecule has 0 saturated heterocycles. The van der Waals surface area contributed by atoms with Gasteiger partial charge in [0, 0.05) is 19.1 Å². The molecule has 0 spiro atoms. The monoisotopic (exact) mass is 469 g/mol. The highest BCUT2D eigenvalue weighted by Gasteiger charge is 2.23. The average Bonchev–Trinajstić information content (AvgIpc) is 2.57. The second kappa shape index (κ2) is 12.5. The Balaban J connectivity index is 0.00000133. The highest BCUT2D eigenvalue weighted by atomic mass is 35.5. The third kappa shape index (κ3) is 8.15. The molecule has 28 heavy (non-hydrogen) atoms. The van der Waals surface area contributed by atoms with E-state index in [1.54, 1.807) is 12.1 Å². The molecule has 3 N–H and O–H groups in total. The molecular formula is C19H26Cl3NO4S. The maximum absolute atomic E-state index is 12.7. The molecule has 0 unspecified atom stereocenters. The van der Waals surface area contributed by atoms with Gasteiger partial charge in [-0.2, -0.15) is 0 Å². The summed E-state index contributed by atoms with van der Waals surface area (Å²) >= 11 is 12.2. The molecule has 9 heteroatoms. The van der Waals surface area contributed by atoms with E-state index in [0.717, 1.165) is 5.56 Å². The zero-order valence-corrected chi connectivity index (χ0v) is 19.1. The Morgan fingerprint density at radius 2 is 1.64 bits per heavy atom. The van der Waals surface area contributed by atoms with Crippen LogP contribution in [0.2, 0.25) is 10.0 Å². The van der Waals surface area contributed by atoms with Crippen molar-refractivity contribution in [1.82, 2.24) is 0 Å². The van der Waals surface area contributed by atoms with Gasteiger partial charge in [-0.05, 0) is 31.2 Å². The lowest BCUT2D eigenvalue weighted by Crippen LogP contribution is -2.06. The van der Waals surface area contributed by atoms with E-state index in [4.69, 9.17) is 38.8 Å². The molecule has 0 fully saturated rings. The molecule has 2 rings (SSSR count). The van der Waals surface area contributed by atoms with Crippen molar-refractivity contribution in [3.8, 4) is 5.75 Å². The molecule has 2 aromatic rings. The summed E-state index contributed by atoms with van der Waals surface area (Å²) in [6.07, 6.45) is 0.442. The normalized spacial score (nSPS) is 10.7. The second-order valence-electron chi connectivity index (χ2n) is 6.20. The molecule has 2 aromatic carbocycles. The molecule has 0 aliphatic carbocycles. The van der Waals surface area contributed by atoms with E-state index < -0.39 is 9.84 Å². The van der Waals surface area contributed by atoms with Gasteiger partial charge in [0.1, 0.15) is 5.75 Å². The lowest BCUT2D eigenvalue weighted by molar-refractivity contribution is 0.233. The van der Waals surface area contributed by atoms with Gasteiger partial charge in [-0.25, -0.2) is 8.42 Å². The van der Waals surface area contributed by atoms with Crippen LogP contribution < -0.4 is 10.5 Å². The number of nitrogens with two attached hydrogens (primary N) is 1. The lowest BCUT2D eigenvalue weighted by atomic mass is 10.2. The van der Waals surface area contributed by atoms with Gasteiger partial charge in [0.15, 0.2) is 0 Å². The van der Waals surface area contributed by atoms with E-state index >= 15 is 0 Å². The van der Waals surface area contributed by atoms with Crippen LogP contribution in [0.5, 0.6) is 5.75 Å². The van der Waals surface area contributed by atoms with Gasteiger partial charge in [0.25, 0.3) is 0 Å². The third-order valence-corrected chi connectivity index (χ3v) is 5.70. The van der Waals surface area contributed by atoms with Crippen LogP contribution in [-0.4, -0.2) is 32.8 Å². The van der Waals surface area contributed by atoms with Crippen molar-refractivity contribution in [3.63, 3.8) is 0 Å². The fraction of sp³-hybridized carbons (Fsp3) is 0.368. The number of halogens is 3. The largest absolute Gasteiger partial charge is 0.492 e. The van der Waals surface area contributed by atoms with Gasteiger partial charge in [-0.15, -0.1) is 12.4 Å². The van der Waals surface area contributed by atoms with E-state index in [2.05, 4.69) is 0 Å². The lowest BCUT2D eigenvalue weighted by Gasteiger charge is -2.12. The summed E-state index contributed by atoms with van der Waals surface area (Å²) in [4.78, 5) is 0.0811. The number of ether oxygens (including phenoxy) is 1. The van der Waals surface area contributed by atoms with E-state index in [1.165, 1.54) is 24.3 Å². The van der Waals surface area contributed by atoms with Crippen molar-refractivity contribution in [2.75, 3.05) is 13.2 Å². The first-order valence-corrected chi connectivity index (χ1v) is 10.6. The van der Waals surface area contributed by atoms with Gasteiger partial charge >= 0.3 is 0 Å². The van der Waals surface area contributed by atoms with Gasteiger partial charge in [-0.1, -0.05) is 54.7 Å². The van der Waals surface area contributed by atoms with Gasteiger partial charge < -0.3 is 15.6 Å². The van der Waals surface area contributed by atoms with Gasteiger partial charge in [-0.3, -0.25) is 0 Å². The molecule has 5 nitrogen and oxygen atoms in total. The van der Waals surface area contributed by atoms with Crippen molar-refractivity contribution >= 4 is 45.4 Å². The Morgan fingerprint density at radius 3 is 2.14 bits per heavy atom. The van der Waals surface area contributed by atoms with Crippen LogP contribution in [-0.2, 0) is 9.84 Å². The quantitative estimate of drug-likeness (QED) is 0.599. The van der Waals surface area contributed by atoms with Crippen molar-refractivity contribution < 1.29 is 18.3 Å². The number of aliphatic hydroxyl groups excluding tert-OH is 1. The Kier molecular flexibility index (Phi) is 12.1. The second-order valence-corrected chi connectivity index (χ2v) is 8.93. The van der Waals surface area contributed by atoms with E-state index in [0.29, 0.717) is 12.5 Å². The number of benzene rings is 2. The summed E-state index contributed by atoms with van der Waals surface area (Å²) in [5, 5.41) is 8.93. The predicted octanol–water partition coefficient (Wildman–Crippen LogP) is 4.67. The van der Waals surface area contributed by atoms with Crippen molar-refractivity contribution in [3.05, 3.63) is 52.0 Å². The number of hydrogen-bond donors (Lipinski definition) is 2. The van der Waals surface area contributed by atoms with Crippen molar-refractivity contribution in [1.29, 1.82) is 0 Å². The first kappa shape index (κ1) is 27.0. The Bertz CT molecular complexity index is 838. The molecule has 0 saturated carbocycles. The van der Waals surface area contributed by atoms with Crippen LogP contribution in [0.15, 0.2) is 46.2 Å². The highest BCUT2D eigenvalue weighted by Crippen LogP contribution is 2.36. The fourth-order valence-corrected chi connectivity index (χ4v) is 4.00. The van der Waals surface area contributed by atoms with Crippen LogP contribution in [0.25, 0.3) is 0 Å². The summed E-state index contributed by atoms with van der Waals surface area (Å²) < 4.78 is 30.7. The van der Waals surface area contributed by atoms with E-state index in [1.807, 2.05) is 20.8 Å². The zero-order chi connectivity index (χ0) is 20.6. The minimum atomic E-state index is -3.76. The molecule has 0 aliphatic rings. The predicted molar refractivity (Wildman–Crippen MR) is 117 cm³/mol. The topological polar surface area (TPSA) is 89.6 Å². The zero-order valence-electron chi connectivity index (χ0n) is 16.0. The van der Waals surface area contributed by atoms with Crippen LogP contribution in [0.1, 0.15) is 25.8 Å². The maximum atomic E-state index is 12.7. The molecule has 0 amide bonds. The van der Waals surface area contributed by atoms with Crippen LogP contribution in [0.4, 0.5) is 0 Å². The average molecular weight is 471 g/mol. The smallest absolute Gasteiger partial charge is 0.208 e. The summed E-state index contributed by atoms with van der Waals surface area (Å²) in [7, 11) is -3.76. The fourth-order valence-electron chi connectivity index (χ4n) is 1.92. The molecule has 0 radical (unpaired) electrons. The minimum absolute atomic E-state index is 0. The summed E-state index contributed by atoms with van der Waals surface area (Å²) in [5.74, 6) is 0.285. The Labute approximate surface area is 183 Å². The molecule has 158 valence electrons. The van der Waals surface area contributed by atoms with Gasteiger partial charge in [0.2, 0.25) is 9.84 Å². The molecule has 0 aromatic heterocycles. The Morgan fingerprint density at radius 1 is 1.11 bits per heavy atom. The highest BCUT2D eigenvalue weighted by molar-refractivity contribution is 7.91. The van der Waals surface area contributed by atoms with Crippen LogP contribution in [0.3, 0.4) is 0 Å². The first-order chi connectivity index (χ1) is 12.6. The number of hydrogen-bond acceptors (Lipinski definition) is 5. The molecule has 0 atom stereocenters. The number of sulfone groups is 1. The van der Waals surface area contributed by atoms with Gasteiger partial charge in [0.05, 0.1) is 26.4 Å². The number of rotatable bonds is 6. The molecule has 0 heterocycles. The number of aryl methyl sites for hydroxylation is 1. The van der Waals surface area contributed by atoms with Crippen LogP contribution >= 0.6 is 35.6 Å². The summed E-state index contributed by atoms with van der Waals surface area (Å²) in [5.41, 5.74) is 6.07. The van der Waals surface area contributed by atoms with Crippen LogP contribution in [0, 0.1) is 6.92 Å². The maximum Gasteiger partial charge on any atom is 0.208 e. The third-order valence-electron chi connectivity index (χ3n) is 3.17. The summed E-state index contributed by atoms with van der Waals surface area (Å²) in [6.45, 7) is 6.01.